The molecule has 0 amide bonds. The summed E-state index contributed by atoms with van der Waals surface area (Å²) < 4.78 is 5.09. The van der Waals surface area contributed by atoms with E-state index in [1.54, 1.807) is 0 Å². The normalized spacial score (nSPS) is 11.4. The third kappa shape index (κ3) is 2.11. The highest BCUT2D eigenvalue weighted by atomic mass is 16.5. The van der Waals surface area contributed by atoms with Crippen LogP contribution in [0.3, 0.4) is 0 Å². The monoisotopic (exact) mass is 304 g/mol. The zero-order valence-electron chi connectivity index (χ0n) is 12.7. The number of methoxy groups -OCH3 is 1. The van der Waals surface area contributed by atoms with Crippen LogP contribution in [0.5, 0.6) is 0 Å². The van der Waals surface area contributed by atoms with Crippen LogP contribution in [-0.2, 0) is 9.53 Å². The third-order valence-corrected chi connectivity index (χ3v) is 4.30. The molecule has 4 nitrogen and oxygen atoms in total. The van der Waals surface area contributed by atoms with Gasteiger partial charge in [0, 0.05) is 34.2 Å². The lowest BCUT2D eigenvalue weighted by Crippen LogP contribution is -2.15. The maximum atomic E-state index is 12.5. The van der Waals surface area contributed by atoms with Crippen molar-refractivity contribution < 1.29 is 9.53 Å². The van der Waals surface area contributed by atoms with Crippen molar-refractivity contribution in [1.29, 1.82) is 0 Å². The van der Waals surface area contributed by atoms with Gasteiger partial charge in [-0.05, 0) is 23.3 Å². The number of H-pyrrole nitrogens is 2. The van der Waals surface area contributed by atoms with Crippen molar-refractivity contribution in [3.63, 3.8) is 0 Å². The summed E-state index contributed by atoms with van der Waals surface area (Å²) in [7, 11) is 1.43. The van der Waals surface area contributed by atoms with Crippen LogP contribution in [0.25, 0.3) is 21.8 Å². The molecule has 2 aromatic carbocycles. The first-order valence-corrected chi connectivity index (χ1v) is 7.49. The molecule has 4 heteroatoms. The zero-order valence-corrected chi connectivity index (χ0v) is 12.7. The minimum Gasteiger partial charge on any atom is -0.468 e. The molecule has 2 aromatic heterocycles. The SMILES string of the molecule is COC(=O)C(c1c[nH]c2ccccc12)c1c[nH]c2ccccc12. The molecular weight excluding hydrogens is 288 g/mol. The highest BCUT2D eigenvalue weighted by Gasteiger charge is 2.28. The van der Waals surface area contributed by atoms with Crippen molar-refractivity contribution in [1.82, 2.24) is 9.97 Å². The molecule has 0 atom stereocenters. The van der Waals surface area contributed by atoms with Crippen molar-refractivity contribution in [3.8, 4) is 0 Å². The average molecular weight is 304 g/mol. The van der Waals surface area contributed by atoms with E-state index in [1.165, 1.54) is 7.11 Å². The van der Waals surface area contributed by atoms with Crippen molar-refractivity contribution in [2.24, 2.45) is 0 Å². The Bertz CT molecular complexity index is 923. The molecule has 0 fully saturated rings. The molecule has 0 saturated carbocycles. The maximum absolute atomic E-state index is 12.5. The Hall–Kier alpha value is -3.01. The van der Waals surface area contributed by atoms with Crippen LogP contribution in [-0.4, -0.2) is 23.0 Å². The second-order valence-electron chi connectivity index (χ2n) is 5.54. The molecule has 2 N–H and O–H groups in total. The Morgan fingerprint density at radius 3 is 1.83 bits per heavy atom. The number of hydrogen-bond donors (Lipinski definition) is 2. The van der Waals surface area contributed by atoms with Crippen LogP contribution in [0.15, 0.2) is 60.9 Å². The van der Waals surface area contributed by atoms with Crippen LogP contribution >= 0.6 is 0 Å². The Labute approximate surface area is 133 Å². The van der Waals surface area contributed by atoms with E-state index in [0.717, 1.165) is 32.9 Å². The molecule has 0 radical (unpaired) electrons. The molecule has 4 rings (SSSR count). The van der Waals surface area contributed by atoms with Gasteiger partial charge in [0.25, 0.3) is 0 Å². The van der Waals surface area contributed by atoms with E-state index in [4.69, 9.17) is 4.74 Å². The summed E-state index contributed by atoms with van der Waals surface area (Å²) in [4.78, 5) is 19.0. The first-order chi connectivity index (χ1) is 11.3. The summed E-state index contributed by atoms with van der Waals surface area (Å²) in [6.45, 7) is 0. The van der Waals surface area contributed by atoms with Crippen molar-refractivity contribution >= 4 is 27.8 Å². The molecule has 0 saturated heterocycles. The predicted molar refractivity (Wildman–Crippen MR) is 90.5 cm³/mol. The fourth-order valence-corrected chi connectivity index (χ4v) is 3.20. The van der Waals surface area contributed by atoms with Gasteiger partial charge in [-0.3, -0.25) is 4.79 Å². The molecule has 2 heterocycles. The predicted octanol–water partition coefficient (Wildman–Crippen LogP) is 3.95. The van der Waals surface area contributed by atoms with Gasteiger partial charge in [-0.1, -0.05) is 36.4 Å². The average Bonchev–Trinajstić information content (AvgIpc) is 3.20. The first kappa shape index (κ1) is 13.6. The molecule has 0 aliphatic carbocycles. The molecular formula is C19H16N2O2. The van der Waals surface area contributed by atoms with Gasteiger partial charge in [-0.15, -0.1) is 0 Å². The number of aromatic nitrogens is 2. The lowest BCUT2D eigenvalue weighted by atomic mass is 9.91. The summed E-state index contributed by atoms with van der Waals surface area (Å²) >= 11 is 0. The minimum atomic E-state index is -0.465. The highest BCUT2D eigenvalue weighted by molar-refractivity contribution is 5.96. The summed E-state index contributed by atoms with van der Waals surface area (Å²) in [5.74, 6) is -0.730. The Morgan fingerprint density at radius 1 is 0.870 bits per heavy atom. The van der Waals surface area contributed by atoms with E-state index in [2.05, 4.69) is 9.97 Å². The lowest BCUT2D eigenvalue weighted by molar-refractivity contribution is -0.141. The quantitative estimate of drug-likeness (QED) is 0.563. The molecule has 0 unspecified atom stereocenters. The number of ether oxygens (including phenoxy) is 1. The van der Waals surface area contributed by atoms with Crippen LogP contribution < -0.4 is 0 Å². The summed E-state index contributed by atoms with van der Waals surface area (Å²) in [5.41, 5.74) is 3.88. The van der Waals surface area contributed by atoms with Gasteiger partial charge in [0.2, 0.25) is 0 Å². The maximum Gasteiger partial charge on any atom is 0.317 e. The second kappa shape index (κ2) is 5.32. The molecule has 0 aliphatic rings. The number of benzene rings is 2. The van der Waals surface area contributed by atoms with E-state index in [-0.39, 0.29) is 5.97 Å². The zero-order chi connectivity index (χ0) is 15.8. The van der Waals surface area contributed by atoms with E-state index < -0.39 is 5.92 Å². The van der Waals surface area contributed by atoms with E-state index in [9.17, 15) is 4.79 Å². The number of carbonyl (C=O) groups is 1. The number of para-hydroxylation sites is 2. The Kier molecular flexibility index (Phi) is 3.15. The van der Waals surface area contributed by atoms with Crippen LogP contribution in [0.1, 0.15) is 17.0 Å². The number of rotatable bonds is 3. The molecule has 23 heavy (non-hydrogen) atoms. The van der Waals surface area contributed by atoms with E-state index in [1.807, 2.05) is 60.9 Å². The smallest absolute Gasteiger partial charge is 0.317 e. The summed E-state index contributed by atoms with van der Waals surface area (Å²) in [5, 5.41) is 2.07. The third-order valence-electron chi connectivity index (χ3n) is 4.30. The standard InChI is InChI=1S/C19H16N2O2/c1-23-19(22)18(14-10-20-16-8-4-2-6-12(14)16)15-11-21-17-9-5-3-7-13(15)17/h2-11,18,20-21H,1H3. The van der Waals surface area contributed by atoms with Crippen molar-refractivity contribution in [2.45, 2.75) is 5.92 Å². The number of hydrogen-bond acceptors (Lipinski definition) is 2. The van der Waals surface area contributed by atoms with Gasteiger partial charge >= 0.3 is 5.97 Å². The van der Waals surface area contributed by atoms with Gasteiger partial charge in [0.1, 0.15) is 5.92 Å². The molecule has 4 aromatic rings. The van der Waals surface area contributed by atoms with Gasteiger partial charge in [0.05, 0.1) is 7.11 Å². The molecule has 0 aliphatic heterocycles. The van der Waals surface area contributed by atoms with Crippen LogP contribution in [0, 0.1) is 0 Å². The number of nitrogens with one attached hydrogen (secondary N) is 2. The van der Waals surface area contributed by atoms with Gasteiger partial charge < -0.3 is 14.7 Å². The summed E-state index contributed by atoms with van der Waals surface area (Å²) in [6, 6.07) is 15.9. The minimum absolute atomic E-state index is 0.264. The number of esters is 1. The molecule has 0 bridgehead atoms. The second-order valence-corrected chi connectivity index (χ2v) is 5.54. The fraction of sp³-hybridized carbons (Fsp3) is 0.105. The Balaban J connectivity index is 1.97. The van der Waals surface area contributed by atoms with E-state index in [0.29, 0.717) is 0 Å². The first-order valence-electron chi connectivity index (χ1n) is 7.49. The van der Waals surface area contributed by atoms with Gasteiger partial charge in [-0.25, -0.2) is 0 Å². The highest BCUT2D eigenvalue weighted by Crippen LogP contribution is 2.35. The number of fused-ring (bicyclic) bond motifs is 2. The van der Waals surface area contributed by atoms with E-state index >= 15 is 0 Å². The van der Waals surface area contributed by atoms with Gasteiger partial charge in [0.15, 0.2) is 0 Å². The lowest BCUT2D eigenvalue weighted by Gasteiger charge is -2.14. The molecule has 0 spiro atoms. The van der Waals surface area contributed by atoms with Crippen LogP contribution in [0.4, 0.5) is 0 Å². The van der Waals surface area contributed by atoms with Gasteiger partial charge in [-0.2, -0.15) is 0 Å². The van der Waals surface area contributed by atoms with Crippen LogP contribution in [0.2, 0.25) is 0 Å². The number of aromatic amines is 2. The topological polar surface area (TPSA) is 57.9 Å². The Morgan fingerprint density at radius 2 is 1.35 bits per heavy atom. The summed E-state index contributed by atoms with van der Waals surface area (Å²) in [6.07, 6.45) is 3.79. The fourth-order valence-electron chi connectivity index (χ4n) is 3.20. The number of carbonyl (C=O) groups excluding carboxylic acids is 1. The van der Waals surface area contributed by atoms with Crippen molar-refractivity contribution in [2.75, 3.05) is 7.11 Å². The van der Waals surface area contributed by atoms with Crippen molar-refractivity contribution in [3.05, 3.63) is 72.1 Å². The molecule has 114 valence electrons. The largest absolute Gasteiger partial charge is 0.468 e.